The molecule has 0 aliphatic carbocycles. The number of phosphoric ester groups is 1. The second kappa shape index (κ2) is 14.9. The van der Waals surface area contributed by atoms with Gasteiger partial charge in [0.25, 0.3) is 0 Å². The van der Waals surface area contributed by atoms with Gasteiger partial charge in [0, 0.05) is 22.3 Å². The van der Waals surface area contributed by atoms with Crippen molar-refractivity contribution in [3.63, 3.8) is 0 Å². The molecule has 4 nitrogen and oxygen atoms in total. The number of phosphoric acid groups is 1. The Kier molecular flexibility index (Phi) is 10.2. The van der Waals surface area contributed by atoms with Crippen LogP contribution in [0.5, 0.6) is 11.5 Å². The molecule has 0 radical (unpaired) electrons. The van der Waals surface area contributed by atoms with Gasteiger partial charge in [0.2, 0.25) is 0 Å². The van der Waals surface area contributed by atoms with Crippen LogP contribution in [-0.4, -0.2) is 0 Å². The van der Waals surface area contributed by atoms with Gasteiger partial charge in [0.15, 0.2) is 0 Å². The van der Waals surface area contributed by atoms with Crippen LogP contribution in [-0.2, 0) is 37.8 Å². The zero-order chi connectivity index (χ0) is 39.7. The van der Waals surface area contributed by atoms with Crippen molar-refractivity contribution in [3.05, 3.63) is 169 Å². The van der Waals surface area contributed by atoms with Gasteiger partial charge in [-0.25, -0.2) is 4.57 Å². The fourth-order valence-electron chi connectivity index (χ4n) is 8.02. The van der Waals surface area contributed by atoms with Gasteiger partial charge < -0.3 is 13.9 Å². The van der Waals surface area contributed by atoms with Gasteiger partial charge in [0.1, 0.15) is 11.5 Å². The molecule has 0 bridgehead atoms. The third-order valence-electron chi connectivity index (χ3n) is 11.2. The largest absolute Gasteiger partial charge is 1.00 e. The predicted octanol–water partition coefficient (Wildman–Crippen LogP) is 14.2. The van der Waals surface area contributed by atoms with E-state index >= 15 is 0 Å². The van der Waals surface area contributed by atoms with Crippen molar-refractivity contribution < 1.29 is 40.9 Å². The molecule has 9 rings (SSSR count). The number of fused-ring (bicyclic) bond motifs is 7. The Morgan fingerprint density at radius 2 is 0.724 bits per heavy atom. The van der Waals surface area contributed by atoms with Gasteiger partial charge >= 0.3 is 30.2 Å². The summed E-state index contributed by atoms with van der Waals surface area (Å²) >= 11 is 0. The fourth-order valence-corrected chi connectivity index (χ4v) is 8.89. The predicted molar refractivity (Wildman–Crippen MR) is 235 cm³/mol. The van der Waals surface area contributed by atoms with Crippen LogP contribution in [0.4, 0.5) is 0 Å². The summed E-state index contributed by atoms with van der Waals surface area (Å²) in [5, 5.41) is 3.66. The maximum absolute atomic E-state index is 14.1. The molecular weight excluding hydrogens is 827 g/mol. The van der Waals surface area contributed by atoms with E-state index in [0.717, 1.165) is 54.9 Å². The maximum atomic E-state index is 14.1. The van der Waals surface area contributed by atoms with Crippen LogP contribution in [0.15, 0.2) is 158 Å². The summed E-state index contributed by atoms with van der Waals surface area (Å²) in [7, 11) is -4.95. The SMILES string of the molecule is CC(C)(C)c1ccc(-c2ccc(-c3cc4ccccc4c4c3OP(=O)([O-])Oc3c(-c5ccc(-c6ccc(C(C)(C)C)cc6)cc5)cc5ccccc5c3-4)cc2)cc1.[Ag+]. The molecule has 0 fully saturated rings. The van der Waals surface area contributed by atoms with Gasteiger partial charge in [-0.15, -0.1) is 0 Å². The minimum atomic E-state index is -4.95. The van der Waals surface area contributed by atoms with E-state index in [0.29, 0.717) is 22.3 Å². The number of hydrogen-bond donors (Lipinski definition) is 0. The second-order valence-electron chi connectivity index (χ2n) is 17.1. The molecule has 0 N–H and O–H groups in total. The Morgan fingerprint density at radius 3 is 1.05 bits per heavy atom. The number of hydrogen-bond acceptors (Lipinski definition) is 4. The molecule has 0 aromatic heterocycles. The van der Waals surface area contributed by atoms with Crippen molar-refractivity contribution in [1.82, 2.24) is 0 Å². The van der Waals surface area contributed by atoms with E-state index in [1.807, 2.05) is 72.8 Å². The molecule has 0 saturated carbocycles. The summed E-state index contributed by atoms with van der Waals surface area (Å²) in [4.78, 5) is 14.1. The van der Waals surface area contributed by atoms with E-state index in [9.17, 15) is 9.46 Å². The molecule has 1 aliphatic heterocycles. The minimum Gasteiger partial charge on any atom is -0.736 e. The first-order valence-corrected chi connectivity index (χ1v) is 20.9. The van der Waals surface area contributed by atoms with E-state index in [-0.39, 0.29) is 44.7 Å². The fraction of sp³-hybridized carbons (Fsp3) is 0.154. The summed E-state index contributed by atoms with van der Waals surface area (Å²) in [6, 6.07) is 54.0. The van der Waals surface area contributed by atoms with Crippen molar-refractivity contribution >= 4 is 29.4 Å². The van der Waals surface area contributed by atoms with Crippen molar-refractivity contribution in [3.8, 4) is 67.1 Å². The van der Waals surface area contributed by atoms with E-state index in [4.69, 9.17) is 9.05 Å². The molecule has 8 aromatic carbocycles. The van der Waals surface area contributed by atoms with Crippen LogP contribution in [0, 0.1) is 0 Å². The quantitative estimate of drug-likeness (QED) is 0.131. The van der Waals surface area contributed by atoms with Gasteiger partial charge in [-0.2, -0.15) is 0 Å². The number of benzene rings is 8. The molecule has 0 atom stereocenters. The van der Waals surface area contributed by atoms with Crippen molar-refractivity contribution in [2.75, 3.05) is 0 Å². The smallest absolute Gasteiger partial charge is 0.736 e. The molecule has 1 aliphatic rings. The Morgan fingerprint density at radius 1 is 0.431 bits per heavy atom. The van der Waals surface area contributed by atoms with Crippen molar-refractivity contribution in [2.45, 2.75) is 52.4 Å². The molecule has 0 spiro atoms. The summed E-state index contributed by atoms with van der Waals surface area (Å²) in [6.45, 7) is 13.3. The molecule has 0 unspecified atom stereocenters. The first-order chi connectivity index (χ1) is 27.2. The van der Waals surface area contributed by atoms with Crippen LogP contribution >= 0.6 is 7.82 Å². The normalized spacial score (nSPS) is 13.4. The standard InChI is InChI=1S/C52H45O4P.Ag/c1-51(2,3)41-27-23-35(24-28-41)33-15-19-37(20-16-33)45-31-39-11-7-9-13-43(39)47-48-44-14-10-8-12-40(44)32-46(50(48)56-57(53,54)55-49(45)47)38-21-17-34(18-22-38)36-25-29-42(30-26-36)52(4,5)6;/h7-32H,1-6H3,(H,53,54);/q;+1/p-1. The monoisotopic (exact) mass is 870 g/mol. The van der Waals surface area contributed by atoms with Gasteiger partial charge in [-0.1, -0.05) is 187 Å². The first-order valence-electron chi connectivity index (χ1n) is 19.5. The van der Waals surface area contributed by atoms with Gasteiger partial charge in [-0.3, -0.25) is 0 Å². The van der Waals surface area contributed by atoms with Crippen LogP contribution in [0.25, 0.3) is 77.2 Å². The maximum Gasteiger partial charge on any atom is 1.00 e. The molecule has 0 amide bonds. The van der Waals surface area contributed by atoms with E-state index in [2.05, 4.69) is 126 Å². The van der Waals surface area contributed by atoms with Crippen LogP contribution in [0.1, 0.15) is 52.7 Å². The average molecular weight is 872 g/mol. The summed E-state index contributed by atoms with van der Waals surface area (Å²) in [5.41, 5.74) is 11.4. The number of rotatable bonds is 4. The molecule has 8 aromatic rings. The third-order valence-corrected chi connectivity index (χ3v) is 12.0. The Labute approximate surface area is 356 Å². The van der Waals surface area contributed by atoms with Gasteiger partial charge in [-0.05, 0) is 89.0 Å². The summed E-state index contributed by atoms with van der Waals surface area (Å²) in [6.07, 6.45) is 0. The van der Waals surface area contributed by atoms with E-state index < -0.39 is 7.82 Å². The topological polar surface area (TPSA) is 58.6 Å². The summed E-state index contributed by atoms with van der Waals surface area (Å²) < 4.78 is 26.3. The van der Waals surface area contributed by atoms with E-state index in [1.165, 1.54) is 11.1 Å². The zero-order valence-corrected chi connectivity index (χ0v) is 35.8. The molecule has 0 saturated heterocycles. The molecule has 58 heavy (non-hydrogen) atoms. The summed E-state index contributed by atoms with van der Waals surface area (Å²) in [5.74, 6) is 0.508. The molecule has 1 heterocycles. The minimum absolute atomic E-state index is 0. The second-order valence-corrected chi connectivity index (χ2v) is 18.4. The Bertz CT molecular complexity index is 2670. The van der Waals surface area contributed by atoms with Gasteiger partial charge in [0.05, 0.1) is 0 Å². The Balaban J connectivity index is 0.00000469. The van der Waals surface area contributed by atoms with Crippen molar-refractivity contribution in [1.29, 1.82) is 0 Å². The molecular formula is C52H44AgO4P. The molecule has 6 heteroatoms. The van der Waals surface area contributed by atoms with E-state index in [1.54, 1.807) is 0 Å². The van der Waals surface area contributed by atoms with Crippen LogP contribution in [0.2, 0.25) is 0 Å². The molecule has 292 valence electrons. The third kappa shape index (κ3) is 7.37. The van der Waals surface area contributed by atoms with Crippen LogP contribution in [0.3, 0.4) is 0 Å². The zero-order valence-electron chi connectivity index (χ0n) is 33.4. The first kappa shape index (κ1) is 39.6. The average Bonchev–Trinajstić information content (AvgIpc) is 3.33. The Hall–Kier alpha value is -5.19. The van der Waals surface area contributed by atoms with Crippen molar-refractivity contribution in [2.24, 2.45) is 0 Å². The van der Waals surface area contributed by atoms with Crippen LogP contribution < -0.4 is 13.9 Å².